The molecule has 0 bridgehead atoms. The second kappa shape index (κ2) is 10.0. The summed E-state index contributed by atoms with van der Waals surface area (Å²) < 4.78 is 23.1. The van der Waals surface area contributed by atoms with E-state index >= 15 is 0 Å². The van der Waals surface area contributed by atoms with Crippen LogP contribution >= 0.6 is 0 Å². The van der Waals surface area contributed by atoms with Crippen LogP contribution in [0.5, 0.6) is 11.5 Å². The van der Waals surface area contributed by atoms with Crippen LogP contribution in [0.2, 0.25) is 0 Å². The molecule has 6 heteroatoms. The highest BCUT2D eigenvalue weighted by atomic mass is 16.7. The molecule has 2 fully saturated rings. The van der Waals surface area contributed by atoms with Gasteiger partial charge in [-0.3, -0.25) is 0 Å². The van der Waals surface area contributed by atoms with Crippen LogP contribution in [0.25, 0.3) is 0 Å². The zero-order valence-electron chi connectivity index (χ0n) is 19.9. The molecule has 178 valence electrons. The van der Waals surface area contributed by atoms with Crippen molar-refractivity contribution in [2.45, 2.75) is 37.5 Å². The second-order valence-corrected chi connectivity index (χ2v) is 9.53. The van der Waals surface area contributed by atoms with Gasteiger partial charge in [-0.15, -0.1) is 0 Å². The summed E-state index contributed by atoms with van der Waals surface area (Å²) in [5.74, 6) is 1.96. The summed E-state index contributed by atoms with van der Waals surface area (Å²) >= 11 is 0. The van der Waals surface area contributed by atoms with Gasteiger partial charge in [-0.05, 0) is 54.4 Å². The number of rotatable bonds is 7. The summed E-state index contributed by atoms with van der Waals surface area (Å²) in [7, 11) is 3.90. The lowest BCUT2D eigenvalue weighted by Crippen LogP contribution is -2.45. The van der Waals surface area contributed by atoms with Gasteiger partial charge in [-0.2, -0.15) is 0 Å². The number of ether oxygens (including phenoxy) is 4. The first kappa shape index (κ1) is 22.7. The zero-order valence-corrected chi connectivity index (χ0v) is 19.9. The number of likely N-dealkylation sites (N-methyl/N-ethyl adjacent to an activating group) is 1. The molecule has 3 heterocycles. The summed E-state index contributed by atoms with van der Waals surface area (Å²) in [5.41, 5.74) is 4.10. The van der Waals surface area contributed by atoms with E-state index in [1.165, 1.54) is 16.7 Å². The maximum absolute atomic E-state index is 6.15. The smallest absolute Gasteiger partial charge is 0.170 e. The predicted molar refractivity (Wildman–Crippen MR) is 128 cm³/mol. The van der Waals surface area contributed by atoms with Crippen molar-refractivity contribution in [3.8, 4) is 11.5 Å². The Balaban J connectivity index is 1.14. The van der Waals surface area contributed by atoms with Crippen LogP contribution in [0, 0.1) is 0 Å². The molecular weight excluding hydrogens is 416 g/mol. The quantitative estimate of drug-likeness (QED) is 0.594. The Morgan fingerprint density at radius 3 is 2.45 bits per heavy atom. The third kappa shape index (κ3) is 5.19. The molecule has 3 aliphatic rings. The lowest BCUT2D eigenvalue weighted by Gasteiger charge is -2.37. The molecule has 2 aromatic rings. The minimum Gasteiger partial charge on any atom is -0.497 e. The van der Waals surface area contributed by atoms with Gasteiger partial charge in [0.25, 0.3) is 0 Å². The highest BCUT2D eigenvalue weighted by Gasteiger charge is 2.39. The van der Waals surface area contributed by atoms with E-state index in [4.69, 9.17) is 18.9 Å². The van der Waals surface area contributed by atoms with Crippen LogP contribution in [-0.2, 0) is 16.0 Å². The van der Waals surface area contributed by atoms with Crippen molar-refractivity contribution in [1.82, 2.24) is 9.80 Å². The lowest BCUT2D eigenvalue weighted by molar-refractivity contribution is -0.185. The van der Waals surface area contributed by atoms with E-state index in [0.717, 1.165) is 83.3 Å². The van der Waals surface area contributed by atoms with E-state index in [2.05, 4.69) is 59.3 Å². The van der Waals surface area contributed by atoms with Crippen LogP contribution in [0.4, 0.5) is 0 Å². The summed E-state index contributed by atoms with van der Waals surface area (Å²) in [6.45, 7) is 7.34. The van der Waals surface area contributed by atoms with Crippen molar-refractivity contribution in [2.75, 3.05) is 60.2 Å². The molecule has 0 aliphatic carbocycles. The van der Waals surface area contributed by atoms with Gasteiger partial charge in [0.05, 0.1) is 26.9 Å². The fraction of sp³-hybridized carbons (Fsp3) is 0.556. The van der Waals surface area contributed by atoms with Crippen LogP contribution in [0.3, 0.4) is 0 Å². The molecule has 0 radical (unpaired) electrons. The van der Waals surface area contributed by atoms with Crippen LogP contribution in [-0.4, -0.2) is 75.7 Å². The first-order chi connectivity index (χ1) is 16.1. The van der Waals surface area contributed by atoms with Crippen molar-refractivity contribution in [2.24, 2.45) is 0 Å². The highest BCUT2D eigenvalue weighted by Crippen LogP contribution is 2.35. The Morgan fingerprint density at radius 1 is 1.00 bits per heavy atom. The highest BCUT2D eigenvalue weighted by molar-refractivity contribution is 5.45. The standard InChI is InChI=1S/C27H36N2O4/c1-28-19-22-18-24(8-9-25(22)26(20-28)21-4-6-23(30-2)7-5-21)31-15-3-12-29-13-10-27(11-14-29)32-16-17-33-27/h4-9,18,26H,3,10-17,19-20H2,1-2H3. The maximum atomic E-state index is 6.15. The summed E-state index contributed by atoms with van der Waals surface area (Å²) in [5, 5.41) is 0. The third-order valence-electron chi connectivity index (χ3n) is 7.26. The van der Waals surface area contributed by atoms with Gasteiger partial charge in [-0.1, -0.05) is 18.2 Å². The van der Waals surface area contributed by atoms with Gasteiger partial charge in [0, 0.05) is 51.5 Å². The molecular formula is C27H36N2O4. The van der Waals surface area contributed by atoms with E-state index in [-0.39, 0.29) is 5.79 Å². The fourth-order valence-corrected chi connectivity index (χ4v) is 5.42. The number of fused-ring (bicyclic) bond motifs is 1. The van der Waals surface area contributed by atoms with E-state index in [1.54, 1.807) is 7.11 Å². The Hall–Kier alpha value is -2.12. The van der Waals surface area contributed by atoms with Gasteiger partial charge in [-0.25, -0.2) is 0 Å². The Bertz CT molecular complexity index is 916. The van der Waals surface area contributed by atoms with Crippen molar-refractivity contribution >= 4 is 0 Å². The molecule has 0 aromatic heterocycles. The molecule has 1 unspecified atom stereocenters. The average Bonchev–Trinajstić information content (AvgIpc) is 3.30. The first-order valence-electron chi connectivity index (χ1n) is 12.2. The third-order valence-corrected chi connectivity index (χ3v) is 7.26. The van der Waals surface area contributed by atoms with Crippen molar-refractivity contribution < 1.29 is 18.9 Å². The monoisotopic (exact) mass is 452 g/mol. The van der Waals surface area contributed by atoms with Gasteiger partial charge < -0.3 is 28.7 Å². The van der Waals surface area contributed by atoms with Crippen LogP contribution in [0.1, 0.15) is 41.9 Å². The molecule has 0 N–H and O–H groups in total. The van der Waals surface area contributed by atoms with Crippen LogP contribution in [0.15, 0.2) is 42.5 Å². The van der Waals surface area contributed by atoms with E-state index in [0.29, 0.717) is 5.92 Å². The first-order valence-corrected chi connectivity index (χ1v) is 12.2. The number of methoxy groups -OCH3 is 1. The summed E-state index contributed by atoms with van der Waals surface area (Å²) in [6.07, 6.45) is 2.98. The summed E-state index contributed by atoms with van der Waals surface area (Å²) in [4.78, 5) is 4.89. The number of hydrogen-bond donors (Lipinski definition) is 0. The Kier molecular flexibility index (Phi) is 6.88. The van der Waals surface area contributed by atoms with Crippen molar-refractivity contribution in [3.05, 3.63) is 59.2 Å². The minimum atomic E-state index is -0.285. The number of likely N-dealkylation sites (tertiary alicyclic amines) is 1. The van der Waals surface area contributed by atoms with E-state index in [9.17, 15) is 0 Å². The molecule has 2 saturated heterocycles. The molecule has 0 saturated carbocycles. The van der Waals surface area contributed by atoms with Crippen molar-refractivity contribution in [3.63, 3.8) is 0 Å². The largest absolute Gasteiger partial charge is 0.497 e. The van der Waals surface area contributed by atoms with Crippen LogP contribution < -0.4 is 9.47 Å². The predicted octanol–water partition coefficient (Wildman–Crippen LogP) is 3.88. The molecule has 33 heavy (non-hydrogen) atoms. The SMILES string of the molecule is COc1ccc(C2CN(C)Cc3cc(OCCCN4CCC5(CC4)OCCO5)ccc32)cc1. The Labute approximate surface area is 197 Å². The maximum Gasteiger partial charge on any atom is 0.170 e. The van der Waals surface area contributed by atoms with E-state index in [1.807, 2.05) is 0 Å². The average molecular weight is 453 g/mol. The number of benzene rings is 2. The Morgan fingerprint density at radius 2 is 1.73 bits per heavy atom. The topological polar surface area (TPSA) is 43.4 Å². The fourth-order valence-electron chi connectivity index (χ4n) is 5.42. The lowest BCUT2D eigenvalue weighted by atomic mass is 9.84. The van der Waals surface area contributed by atoms with Crippen molar-refractivity contribution in [1.29, 1.82) is 0 Å². The zero-order chi connectivity index (χ0) is 22.7. The molecule has 2 aromatic carbocycles. The molecule has 5 rings (SSSR count). The van der Waals surface area contributed by atoms with Gasteiger partial charge >= 0.3 is 0 Å². The summed E-state index contributed by atoms with van der Waals surface area (Å²) in [6, 6.07) is 15.1. The minimum absolute atomic E-state index is 0.285. The van der Waals surface area contributed by atoms with Gasteiger partial charge in [0.15, 0.2) is 5.79 Å². The van der Waals surface area contributed by atoms with Gasteiger partial charge in [0.2, 0.25) is 0 Å². The van der Waals surface area contributed by atoms with Gasteiger partial charge in [0.1, 0.15) is 11.5 Å². The number of nitrogens with zero attached hydrogens (tertiary/aromatic N) is 2. The van der Waals surface area contributed by atoms with E-state index < -0.39 is 0 Å². The molecule has 0 amide bonds. The number of piperidine rings is 1. The number of hydrogen-bond acceptors (Lipinski definition) is 6. The molecule has 1 atom stereocenters. The second-order valence-electron chi connectivity index (χ2n) is 9.53. The molecule has 3 aliphatic heterocycles. The molecule has 1 spiro atoms. The molecule has 6 nitrogen and oxygen atoms in total. The normalized spacial score (nSPS) is 22.9.